The van der Waals surface area contributed by atoms with Crippen molar-refractivity contribution < 1.29 is 41.3 Å². The first-order valence-corrected chi connectivity index (χ1v) is 8.07. The maximum Gasteiger partial charge on any atom is 0.132 e. The predicted molar refractivity (Wildman–Crippen MR) is 102 cm³/mol. The van der Waals surface area contributed by atoms with Gasteiger partial charge in [0.05, 0.1) is 0 Å². The molecule has 0 atom stereocenters. The van der Waals surface area contributed by atoms with Gasteiger partial charge in [0.25, 0.3) is 0 Å². The van der Waals surface area contributed by atoms with Crippen molar-refractivity contribution in [2.24, 2.45) is 4.99 Å². The topological polar surface area (TPSA) is 64.9 Å². The van der Waals surface area contributed by atoms with Crippen LogP contribution >= 0.6 is 0 Å². The molecular weight excluding hydrogens is 550 g/mol. The molecule has 26 heavy (non-hydrogen) atoms. The zero-order chi connectivity index (χ0) is 18.2. The van der Waals surface area contributed by atoms with Gasteiger partial charge in [0, 0.05) is 55.8 Å². The number of hydrogen-bond acceptors (Lipinski definition) is 3. The molecule has 0 fully saturated rings. The van der Waals surface area contributed by atoms with Crippen molar-refractivity contribution in [1.29, 1.82) is 0 Å². The molecule has 2 aromatic carbocycles. The summed E-state index contributed by atoms with van der Waals surface area (Å²) in [6.45, 7) is 9.34. The van der Waals surface area contributed by atoms with Crippen molar-refractivity contribution in [3.05, 3.63) is 89.8 Å². The standard InChI is InChI=1S/C21H23N2O2.U/c1-15(14-18-8-12-20(25)13-9-18)23-21(22-3)19-10-6-17(7-11-19)5-4-16(2)24;/h2,6-13,24-25H,1,4-5,14H2,3H3,(H,22,23);/q-1;. The predicted octanol–water partition coefficient (Wildman–Crippen LogP) is 3.92. The summed E-state index contributed by atoms with van der Waals surface area (Å²) >= 11 is 0. The Hall–Kier alpha value is -1.96. The van der Waals surface area contributed by atoms with E-state index in [1.165, 1.54) is 0 Å². The molecular formula is C21H23N2O2U-. The van der Waals surface area contributed by atoms with Crippen molar-refractivity contribution >= 4 is 5.84 Å². The minimum atomic E-state index is -0.0490. The smallest absolute Gasteiger partial charge is 0.132 e. The van der Waals surface area contributed by atoms with Crippen LogP contribution in [-0.2, 0) is 12.8 Å². The van der Waals surface area contributed by atoms with Crippen LogP contribution in [0.2, 0.25) is 0 Å². The average molecular weight is 573 g/mol. The zero-order valence-electron chi connectivity index (χ0n) is 14.9. The van der Waals surface area contributed by atoms with E-state index in [0.717, 1.165) is 28.2 Å². The number of nitrogens with one attached hydrogen (secondary N) is 1. The van der Waals surface area contributed by atoms with Crippen molar-refractivity contribution in [3.8, 4) is 5.75 Å². The Labute approximate surface area is 178 Å². The SMILES string of the molecule is [CH-]=C(O)CCc1ccc(C(=NC)NC(=C)Cc2ccc(O)cc2)cc1.[U]. The zero-order valence-corrected chi connectivity index (χ0v) is 19.0. The van der Waals surface area contributed by atoms with Gasteiger partial charge in [-0.25, -0.2) is 0 Å². The molecule has 134 valence electrons. The van der Waals surface area contributed by atoms with Crippen LogP contribution in [0.4, 0.5) is 0 Å². The monoisotopic (exact) mass is 573 g/mol. The van der Waals surface area contributed by atoms with Crippen molar-refractivity contribution in [2.75, 3.05) is 7.05 Å². The first-order valence-electron chi connectivity index (χ1n) is 8.07. The van der Waals surface area contributed by atoms with E-state index in [2.05, 4.69) is 16.9 Å². The molecule has 2 rings (SSSR count). The molecule has 2 aromatic rings. The minimum Gasteiger partial charge on any atom is -0.549 e. The van der Waals surface area contributed by atoms with Crippen LogP contribution in [0, 0.1) is 37.7 Å². The molecule has 3 N–H and O–H groups in total. The van der Waals surface area contributed by atoms with Crippen LogP contribution in [-0.4, -0.2) is 23.1 Å². The summed E-state index contributed by atoms with van der Waals surface area (Å²) in [5.41, 5.74) is 3.93. The summed E-state index contributed by atoms with van der Waals surface area (Å²) in [4.78, 5) is 4.30. The van der Waals surface area contributed by atoms with Gasteiger partial charge in [-0.2, -0.15) is 0 Å². The summed E-state index contributed by atoms with van der Waals surface area (Å²) in [6.07, 6.45) is 1.79. The van der Waals surface area contributed by atoms with Crippen molar-refractivity contribution in [2.45, 2.75) is 19.3 Å². The Balaban J connectivity index is 0.00000338. The van der Waals surface area contributed by atoms with Gasteiger partial charge >= 0.3 is 0 Å². The maximum absolute atomic E-state index is 9.33. The molecule has 0 aliphatic rings. The number of hydrogen-bond donors (Lipinski definition) is 3. The first-order chi connectivity index (χ1) is 12.0. The molecule has 0 spiro atoms. The largest absolute Gasteiger partial charge is 0.549 e. The number of aliphatic hydroxyl groups is 1. The molecule has 0 radical (unpaired) electrons. The van der Waals surface area contributed by atoms with E-state index in [9.17, 15) is 5.11 Å². The number of nitrogens with zero attached hydrogens (tertiary/aromatic N) is 1. The molecule has 0 aromatic heterocycles. The van der Waals surface area contributed by atoms with E-state index >= 15 is 0 Å². The third-order valence-electron chi connectivity index (χ3n) is 3.77. The molecule has 0 aliphatic heterocycles. The minimum absolute atomic E-state index is 0. The van der Waals surface area contributed by atoms with Crippen LogP contribution in [0.5, 0.6) is 5.75 Å². The number of aryl methyl sites for hydroxylation is 1. The van der Waals surface area contributed by atoms with Gasteiger partial charge in [-0.3, -0.25) is 4.99 Å². The Morgan fingerprint density at radius 2 is 1.65 bits per heavy atom. The molecule has 0 heterocycles. The van der Waals surface area contributed by atoms with Gasteiger partial charge in [-0.1, -0.05) is 48.7 Å². The van der Waals surface area contributed by atoms with Gasteiger partial charge < -0.3 is 22.1 Å². The second kappa shape index (κ2) is 10.9. The molecule has 0 amide bonds. The Bertz CT molecular complexity index is 766. The molecule has 5 heteroatoms. The van der Waals surface area contributed by atoms with E-state index in [0.29, 0.717) is 19.3 Å². The number of allylic oxidation sites excluding steroid dienone is 2. The van der Waals surface area contributed by atoms with Gasteiger partial charge in [0.2, 0.25) is 0 Å². The fourth-order valence-electron chi connectivity index (χ4n) is 2.43. The summed E-state index contributed by atoms with van der Waals surface area (Å²) in [7, 11) is 1.73. The molecule has 4 nitrogen and oxygen atoms in total. The van der Waals surface area contributed by atoms with Gasteiger partial charge in [-0.05, 0) is 36.1 Å². The Kier molecular flexibility index (Phi) is 9.26. The van der Waals surface area contributed by atoms with Gasteiger partial charge in [0.15, 0.2) is 0 Å². The fraction of sp³-hybridized carbons (Fsp3) is 0.190. The van der Waals surface area contributed by atoms with Crippen LogP contribution in [0.3, 0.4) is 0 Å². The molecule has 0 saturated heterocycles. The number of phenols is 1. The number of benzene rings is 2. The van der Waals surface area contributed by atoms with E-state index in [4.69, 9.17) is 11.7 Å². The number of aromatic hydroxyl groups is 1. The number of phenolic OH excluding ortho intramolecular Hbond substituents is 1. The van der Waals surface area contributed by atoms with E-state index in [-0.39, 0.29) is 42.6 Å². The molecule has 0 saturated carbocycles. The molecule has 0 bridgehead atoms. The summed E-state index contributed by atoms with van der Waals surface area (Å²) in [5, 5.41) is 21.7. The number of amidine groups is 1. The second-order valence-corrected chi connectivity index (χ2v) is 5.83. The van der Waals surface area contributed by atoms with Crippen LogP contribution in [0.1, 0.15) is 23.1 Å². The molecule has 0 unspecified atom stereocenters. The average Bonchev–Trinajstić information content (AvgIpc) is 2.60. The second-order valence-electron chi connectivity index (χ2n) is 5.83. The Morgan fingerprint density at radius 1 is 1.08 bits per heavy atom. The number of rotatable bonds is 7. The fourth-order valence-corrected chi connectivity index (χ4v) is 2.43. The normalized spacial score (nSPS) is 10.7. The van der Waals surface area contributed by atoms with Crippen molar-refractivity contribution in [1.82, 2.24) is 5.32 Å². The van der Waals surface area contributed by atoms with Crippen LogP contribution in [0.25, 0.3) is 0 Å². The van der Waals surface area contributed by atoms with E-state index < -0.39 is 0 Å². The Morgan fingerprint density at radius 3 is 2.19 bits per heavy atom. The maximum atomic E-state index is 9.33. The number of aliphatic imine (C=N–C) groups is 1. The van der Waals surface area contributed by atoms with Gasteiger partial charge in [0.1, 0.15) is 11.6 Å². The third kappa shape index (κ3) is 7.11. The first kappa shape index (κ1) is 22.1. The van der Waals surface area contributed by atoms with E-state index in [1.807, 2.05) is 36.4 Å². The third-order valence-corrected chi connectivity index (χ3v) is 3.77. The molecule has 0 aliphatic carbocycles. The van der Waals surface area contributed by atoms with Gasteiger partial charge in [-0.15, -0.1) is 0 Å². The quantitative estimate of drug-likeness (QED) is 0.204. The van der Waals surface area contributed by atoms with Crippen LogP contribution < -0.4 is 5.32 Å². The summed E-state index contributed by atoms with van der Waals surface area (Å²) < 4.78 is 0. The van der Waals surface area contributed by atoms with Crippen molar-refractivity contribution in [3.63, 3.8) is 0 Å². The van der Waals surface area contributed by atoms with E-state index in [1.54, 1.807) is 19.2 Å². The van der Waals surface area contributed by atoms with Crippen LogP contribution in [0.15, 0.2) is 71.6 Å². The summed E-state index contributed by atoms with van der Waals surface area (Å²) in [6, 6.07) is 15.0. The number of aliphatic hydroxyl groups excluding tert-OH is 1. The summed E-state index contributed by atoms with van der Waals surface area (Å²) in [5.74, 6) is 0.939.